The summed E-state index contributed by atoms with van der Waals surface area (Å²) in [6.45, 7) is 2.90. The largest absolute Gasteiger partial charge is 0.398 e. The summed E-state index contributed by atoms with van der Waals surface area (Å²) < 4.78 is 27.7. The lowest BCUT2D eigenvalue weighted by Crippen LogP contribution is -2.33. The first-order chi connectivity index (χ1) is 8.93. The molecule has 2 rings (SSSR count). The molecule has 0 aliphatic carbocycles. The number of nitrogens with two attached hydrogens (primary N) is 1. The third-order valence-corrected chi connectivity index (χ3v) is 6.70. The van der Waals surface area contributed by atoms with Gasteiger partial charge in [0.15, 0.2) is 0 Å². The minimum absolute atomic E-state index is 0.311. The molecular weight excluding hydrogens is 348 g/mol. The van der Waals surface area contributed by atoms with E-state index in [0.717, 1.165) is 17.9 Å². The molecule has 0 amide bonds. The van der Waals surface area contributed by atoms with E-state index in [4.69, 9.17) is 5.73 Å². The molecule has 1 heterocycles. The second-order valence-electron chi connectivity index (χ2n) is 4.49. The molecule has 7 heteroatoms. The van der Waals surface area contributed by atoms with Crippen LogP contribution in [0.4, 0.5) is 5.69 Å². The molecular formula is C12H17BrN2O2S2. The van der Waals surface area contributed by atoms with Gasteiger partial charge in [0.1, 0.15) is 0 Å². The van der Waals surface area contributed by atoms with E-state index < -0.39 is 10.0 Å². The minimum atomic E-state index is -3.45. The van der Waals surface area contributed by atoms with Crippen LogP contribution < -0.4 is 5.73 Å². The van der Waals surface area contributed by atoms with Gasteiger partial charge in [-0.3, -0.25) is 0 Å². The zero-order valence-corrected chi connectivity index (χ0v) is 13.9. The zero-order chi connectivity index (χ0) is 14.0. The smallest absolute Gasteiger partial charge is 0.243 e. The maximum absolute atomic E-state index is 12.7. The van der Waals surface area contributed by atoms with Gasteiger partial charge < -0.3 is 5.73 Å². The normalized spacial score (nSPS) is 18.2. The number of sulfonamides is 1. The molecule has 0 spiro atoms. The Hall–Kier alpha value is -0.240. The minimum Gasteiger partial charge on any atom is -0.398 e. The number of benzene rings is 1. The number of hydrogen-bond acceptors (Lipinski definition) is 4. The predicted molar refractivity (Wildman–Crippen MR) is 84.0 cm³/mol. The molecule has 1 saturated heterocycles. The monoisotopic (exact) mass is 364 g/mol. The average Bonchev–Trinajstić information content (AvgIpc) is 2.62. The Balaban J connectivity index is 2.44. The number of hydrogen-bond donors (Lipinski definition) is 1. The van der Waals surface area contributed by atoms with Crippen LogP contribution in [0.15, 0.2) is 21.5 Å². The molecule has 0 atom stereocenters. The molecule has 0 saturated carbocycles. The highest BCUT2D eigenvalue weighted by Crippen LogP contribution is 2.29. The van der Waals surface area contributed by atoms with Gasteiger partial charge in [0, 0.05) is 29.0 Å². The van der Waals surface area contributed by atoms with Gasteiger partial charge in [-0.1, -0.05) is 15.9 Å². The Morgan fingerprint density at radius 3 is 2.79 bits per heavy atom. The number of nitrogens with zero attached hydrogens (tertiary/aromatic N) is 1. The van der Waals surface area contributed by atoms with Crippen LogP contribution in [-0.2, 0) is 10.0 Å². The Morgan fingerprint density at radius 2 is 2.05 bits per heavy atom. The van der Waals surface area contributed by atoms with Crippen molar-refractivity contribution in [3.8, 4) is 0 Å². The highest BCUT2D eigenvalue weighted by atomic mass is 79.9. The fourth-order valence-electron chi connectivity index (χ4n) is 2.04. The van der Waals surface area contributed by atoms with Crippen molar-refractivity contribution >= 4 is 43.4 Å². The zero-order valence-electron chi connectivity index (χ0n) is 10.7. The van der Waals surface area contributed by atoms with Crippen LogP contribution in [0, 0.1) is 6.92 Å². The molecule has 1 aliphatic rings. The number of anilines is 1. The quantitative estimate of drug-likeness (QED) is 0.818. The molecule has 1 aromatic carbocycles. The summed E-state index contributed by atoms with van der Waals surface area (Å²) in [7, 11) is -3.45. The third kappa shape index (κ3) is 3.26. The molecule has 0 aromatic heterocycles. The van der Waals surface area contributed by atoms with Crippen LogP contribution >= 0.6 is 27.7 Å². The lowest BCUT2D eigenvalue weighted by Gasteiger charge is -2.21. The second-order valence-corrected chi connectivity index (χ2v) is 8.53. The van der Waals surface area contributed by atoms with E-state index in [-0.39, 0.29) is 0 Å². The molecule has 2 N–H and O–H groups in total. The summed E-state index contributed by atoms with van der Waals surface area (Å²) in [6, 6.07) is 3.37. The fourth-order valence-corrected chi connectivity index (χ4v) is 5.43. The van der Waals surface area contributed by atoms with Crippen molar-refractivity contribution in [2.75, 3.05) is 30.3 Å². The summed E-state index contributed by atoms with van der Waals surface area (Å²) in [5.74, 6) is 1.87. The van der Waals surface area contributed by atoms with Crippen LogP contribution in [0.5, 0.6) is 0 Å². The van der Waals surface area contributed by atoms with Gasteiger partial charge in [-0.05, 0) is 36.8 Å². The second kappa shape index (κ2) is 6.03. The van der Waals surface area contributed by atoms with Crippen LogP contribution in [0.25, 0.3) is 0 Å². The van der Waals surface area contributed by atoms with Crippen LogP contribution in [-0.4, -0.2) is 37.3 Å². The third-order valence-electron chi connectivity index (χ3n) is 3.16. The molecule has 106 valence electrons. The Kier molecular flexibility index (Phi) is 4.81. The topological polar surface area (TPSA) is 63.4 Å². The van der Waals surface area contributed by atoms with Crippen molar-refractivity contribution in [3.05, 3.63) is 22.2 Å². The predicted octanol–water partition coefficient (Wildman–Crippen LogP) is 2.47. The number of rotatable bonds is 2. The van der Waals surface area contributed by atoms with Gasteiger partial charge in [-0.2, -0.15) is 16.1 Å². The van der Waals surface area contributed by atoms with E-state index in [1.54, 1.807) is 35.1 Å². The van der Waals surface area contributed by atoms with E-state index in [1.807, 2.05) is 0 Å². The van der Waals surface area contributed by atoms with Crippen molar-refractivity contribution in [3.63, 3.8) is 0 Å². The lowest BCUT2D eigenvalue weighted by atomic mass is 10.2. The number of thioether (sulfide) groups is 1. The van der Waals surface area contributed by atoms with Crippen molar-refractivity contribution in [1.82, 2.24) is 4.31 Å². The van der Waals surface area contributed by atoms with E-state index in [0.29, 0.717) is 33.7 Å². The molecule has 0 unspecified atom stereocenters. The van der Waals surface area contributed by atoms with E-state index in [2.05, 4.69) is 15.9 Å². The molecule has 1 aliphatic heterocycles. The van der Waals surface area contributed by atoms with Gasteiger partial charge in [0.2, 0.25) is 10.0 Å². The van der Waals surface area contributed by atoms with Crippen molar-refractivity contribution in [2.45, 2.75) is 18.2 Å². The summed E-state index contributed by atoms with van der Waals surface area (Å²) >= 11 is 5.11. The number of nitrogen functional groups attached to an aromatic ring is 1. The van der Waals surface area contributed by atoms with Crippen LogP contribution in [0.3, 0.4) is 0 Å². The lowest BCUT2D eigenvalue weighted by molar-refractivity contribution is 0.434. The summed E-state index contributed by atoms with van der Waals surface area (Å²) in [5.41, 5.74) is 6.98. The molecule has 1 aromatic rings. The van der Waals surface area contributed by atoms with Crippen molar-refractivity contribution < 1.29 is 8.42 Å². The van der Waals surface area contributed by atoms with Gasteiger partial charge in [0.05, 0.1) is 4.90 Å². The summed E-state index contributed by atoms with van der Waals surface area (Å²) in [6.07, 6.45) is 0.895. The van der Waals surface area contributed by atoms with E-state index in [1.165, 1.54) is 0 Å². The standard InChI is InChI=1S/C12H17BrN2O2S2/c1-9-11(14)7-10(13)8-12(9)19(16,17)15-3-2-5-18-6-4-15/h7-8H,2-6,14H2,1H3. The molecule has 0 radical (unpaired) electrons. The molecule has 0 bridgehead atoms. The Morgan fingerprint density at radius 1 is 1.32 bits per heavy atom. The van der Waals surface area contributed by atoms with Crippen molar-refractivity contribution in [1.29, 1.82) is 0 Å². The van der Waals surface area contributed by atoms with E-state index in [9.17, 15) is 8.42 Å². The summed E-state index contributed by atoms with van der Waals surface area (Å²) in [4.78, 5) is 0.311. The maximum atomic E-state index is 12.7. The number of halogens is 1. The van der Waals surface area contributed by atoms with Crippen molar-refractivity contribution in [2.24, 2.45) is 0 Å². The first-order valence-electron chi connectivity index (χ1n) is 6.06. The molecule has 4 nitrogen and oxygen atoms in total. The van der Waals surface area contributed by atoms with Gasteiger partial charge in [-0.15, -0.1) is 0 Å². The maximum Gasteiger partial charge on any atom is 0.243 e. The molecule has 19 heavy (non-hydrogen) atoms. The average molecular weight is 365 g/mol. The SMILES string of the molecule is Cc1c(N)cc(Br)cc1S(=O)(=O)N1CCCSCC1. The Bertz CT molecular complexity index is 567. The van der Waals surface area contributed by atoms with Crippen LogP contribution in [0.1, 0.15) is 12.0 Å². The van der Waals surface area contributed by atoms with Crippen LogP contribution in [0.2, 0.25) is 0 Å². The Labute approximate surface area is 126 Å². The fraction of sp³-hybridized carbons (Fsp3) is 0.500. The highest BCUT2D eigenvalue weighted by molar-refractivity contribution is 9.10. The first kappa shape index (κ1) is 15.2. The van der Waals surface area contributed by atoms with E-state index >= 15 is 0 Å². The molecule has 1 fully saturated rings. The van der Waals surface area contributed by atoms with Gasteiger partial charge in [0.25, 0.3) is 0 Å². The van der Waals surface area contributed by atoms with Gasteiger partial charge in [-0.25, -0.2) is 8.42 Å². The highest BCUT2D eigenvalue weighted by Gasteiger charge is 2.27. The summed E-state index contributed by atoms with van der Waals surface area (Å²) in [5, 5.41) is 0. The van der Waals surface area contributed by atoms with Gasteiger partial charge >= 0.3 is 0 Å². The first-order valence-corrected chi connectivity index (χ1v) is 9.45.